The molecule has 0 bridgehead atoms. The molecular weight excluding hydrogens is 534 g/mol. The van der Waals surface area contributed by atoms with Crippen LogP contribution in [0.1, 0.15) is 60.4 Å². The van der Waals surface area contributed by atoms with E-state index >= 15 is 0 Å². The van der Waals surface area contributed by atoms with E-state index in [2.05, 4.69) is 5.32 Å². The summed E-state index contributed by atoms with van der Waals surface area (Å²) in [4.78, 5) is 29.2. The van der Waals surface area contributed by atoms with E-state index in [0.717, 1.165) is 53.5 Å². The Morgan fingerprint density at radius 2 is 1.51 bits per heavy atom. The summed E-state index contributed by atoms with van der Waals surface area (Å²) in [5, 5.41) is 3.11. The summed E-state index contributed by atoms with van der Waals surface area (Å²) in [5.74, 6) is -0.669. The highest BCUT2D eigenvalue weighted by Gasteiger charge is 2.34. The van der Waals surface area contributed by atoms with Gasteiger partial charge in [0.05, 0.1) is 10.6 Å². The van der Waals surface area contributed by atoms with Crippen LogP contribution in [0, 0.1) is 27.7 Å². The predicted octanol–water partition coefficient (Wildman–Crippen LogP) is 5.59. The number of benzene rings is 3. The Kier molecular flexibility index (Phi) is 9.53. The van der Waals surface area contributed by atoms with Gasteiger partial charge in [0.1, 0.15) is 12.6 Å². The second kappa shape index (κ2) is 12.9. The van der Waals surface area contributed by atoms with Crippen LogP contribution in [0.2, 0.25) is 0 Å². The topological polar surface area (TPSA) is 86.8 Å². The van der Waals surface area contributed by atoms with Gasteiger partial charge >= 0.3 is 0 Å². The number of anilines is 1. The highest BCUT2D eigenvalue weighted by Crippen LogP contribution is 2.29. The van der Waals surface area contributed by atoms with Gasteiger partial charge in [0.15, 0.2) is 0 Å². The van der Waals surface area contributed by atoms with Gasteiger partial charge in [-0.25, -0.2) is 8.42 Å². The van der Waals surface area contributed by atoms with Crippen LogP contribution in [0.4, 0.5) is 5.69 Å². The predicted molar refractivity (Wildman–Crippen MR) is 163 cm³/mol. The van der Waals surface area contributed by atoms with E-state index in [-0.39, 0.29) is 23.4 Å². The summed E-state index contributed by atoms with van der Waals surface area (Å²) in [5.41, 5.74) is 4.89. The van der Waals surface area contributed by atoms with Crippen LogP contribution in [-0.2, 0) is 26.2 Å². The Balaban J connectivity index is 1.73. The van der Waals surface area contributed by atoms with E-state index < -0.39 is 28.5 Å². The van der Waals surface area contributed by atoms with Gasteiger partial charge in [0, 0.05) is 12.6 Å². The molecule has 0 heterocycles. The maximum absolute atomic E-state index is 14.2. The zero-order valence-corrected chi connectivity index (χ0v) is 25.5. The molecule has 1 saturated carbocycles. The lowest BCUT2D eigenvalue weighted by Crippen LogP contribution is -2.52. The number of hydrogen-bond donors (Lipinski definition) is 1. The first-order valence-corrected chi connectivity index (χ1v) is 15.7. The van der Waals surface area contributed by atoms with E-state index in [1.54, 1.807) is 37.3 Å². The van der Waals surface area contributed by atoms with Crippen molar-refractivity contribution in [2.45, 2.75) is 83.8 Å². The monoisotopic (exact) mass is 575 g/mol. The molecule has 3 aromatic rings. The van der Waals surface area contributed by atoms with Crippen molar-refractivity contribution in [2.24, 2.45) is 0 Å². The molecule has 0 saturated heterocycles. The van der Waals surface area contributed by atoms with E-state index in [0.29, 0.717) is 5.69 Å². The fourth-order valence-corrected chi connectivity index (χ4v) is 6.76. The third kappa shape index (κ3) is 7.17. The molecule has 2 amide bonds. The fraction of sp³-hybridized carbons (Fsp3) is 0.394. The summed E-state index contributed by atoms with van der Waals surface area (Å²) in [6.07, 6.45) is 4.01. The lowest BCUT2D eigenvalue weighted by atomic mass is 10.1. The molecule has 41 heavy (non-hydrogen) atoms. The summed E-state index contributed by atoms with van der Waals surface area (Å²) in [6, 6.07) is 19.2. The minimum Gasteiger partial charge on any atom is -0.352 e. The van der Waals surface area contributed by atoms with Crippen molar-refractivity contribution in [2.75, 3.05) is 10.8 Å². The molecule has 1 atom stereocenters. The van der Waals surface area contributed by atoms with Gasteiger partial charge in [-0.2, -0.15) is 0 Å². The second-order valence-corrected chi connectivity index (χ2v) is 13.1. The lowest BCUT2D eigenvalue weighted by Gasteiger charge is -2.33. The highest BCUT2D eigenvalue weighted by atomic mass is 32.2. The molecule has 3 aromatic carbocycles. The molecule has 0 spiro atoms. The number of amides is 2. The van der Waals surface area contributed by atoms with Gasteiger partial charge in [0.25, 0.3) is 10.0 Å². The van der Waals surface area contributed by atoms with Crippen LogP contribution in [0.15, 0.2) is 71.6 Å². The molecule has 218 valence electrons. The molecule has 1 N–H and O–H groups in total. The van der Waals surface area contributed by atoms with Gasteiger partial charge in [-0.05, 0) is 87.9 Å². The Morgan fingerprint density at radius 1 is 0.878 bits per heavy atom. The van der Waals surface area contributed by atoms with E-state index in [4.69, 9.17) is 0 Å². The van der Waals surface area contributed by atoms with Crippen LogP contribution >= 0.6 is 0 Å². The normalized spacial score (nSPS) is 14.5. The molecule has 1 fully saturated rings. The number of hydrogen-bond acceptors (Lipinski definition) is 4. The molecule has 0 aromatic heterocycles. The highest BCUT2D eigenvalue weighted by molar-refractivity contribution is 7.92. The molecule has 1 unspecified atom stereocenters. The zero-order chi connectivity index (χ0) is 29.7. The van der Waals surface area contributed by atoms with Gasteiger partial charge < -0.3 is 10.2 Å². The number of nitrogens with one attached hydrogen (secondary N) is 1. The van der Waals surface area contributed by atoms with Crippen LogP contribution < -0.4 is 9.62 Å². The van der Waals surface area contributed by atoms with Crippen LogP contribution in [0.3, 0.4) is 0 Å². The third-order valence-corrected chi connectivity index (χ3v) is 9.77. The third-order valence-electron chi connectivity index (χ3n) is 7.99. The molecule has 7 nitrogen and oxygen atoms in total. The van der Waals surface area contributed by atoms with Gasteiger partial charge in [-0.3, -0.25) is 13.9 Å². The average Bonchev–Trinajstić information content (AvgIpc) is 3.45. The molecule has 8 heteroatoms. The average molecular weight is 576 g/mol. The molecule has 4 rings (SSSR count). The maximum Gasteiger partial charge on any atom is 0.264 e. The van der Waals surface area contributed by atoms with Gasteiger partial charge in [-0.1, -0.05) is 66.9 Å². The Labute approximate surface area is 244 Å². The number of carbonyl (C=O) groups is 2. The minimum atomic E-state index is -4.10. The first kappa shape index (κ1) is 30.3. The molecule has 0 radical (unpaired) electrons. The molecule has 1 aliphatic carbocycles. The van der Waals surface area contributed by atoms with Crippen LogP contribution in [0.5, 0.6) is 0 Å². The fourth-order valence-electron chi connectivity index (χ4n) is 5.28. The minimum absolute atomic E-state index is 0.105. The lowest BCUT2D eigenvalue weighted by molar-refractivity contribution is -0.139. The number of aryl methyl sites for hydroxylation is 4. The van der Waals surface area contributed by atoms with Crippen molar-refractivity contribution in [3.05, 3.63) is 94.5 Å². The van der Waals surface area contributed by atoms with E-state index in [1.807, 2.05) is 64.1 Å². The van der Waals surface area contributed by atoms with Crippen molar-refractivity contribution in [1.82, 2.24) is 10.2 Å². The molecule has 0 aliphatic heterocycles. The quantitative estimate of drug-likeness (QED) is 0.341. The van der Waals surface area contributed by atoms with Crippen LogP contribution in [-0.4, -0.2) is 43.8 Å². The first-order chi connectivity index (χ1) is 19.5. The maximum atomic E-state index is 14.2. The van der Waals surface area contributed by atoms with Gasteiger partial charge in [-0.15, -0.1) is 0 Å². The number of nitrogens with zero attached hydrogens (tertiary/aromatic N) is 2. The van der Waals surface area contributed by atoms with Crippen molar-refractivity contribution in [1.29, 1.82) is 0 Å². The largest absolute Gasteiger partial charge is 0.352 e. The summed E-state index contributed by atoms with van der Waals surface area (Å²) in [6.45, 7) is 9.05. The van der Waals surface area contributed by atoms with E-state index in [9.17, 15) is 18.0 Å². The first-order valence-electron chi connectivity index (χ1n) is 14.3. The van der Waals surface area contributed by atoms with Crippen molar-refractivity contribution < 1.29 is 18.0 Å². The Bertz CT molecular complexity index is 1500. The van der Waals surface area contributed by atoms with E-state index in [1.165, 1.54) is 9.21 Å². The van der Waals surface area contributed by atoms with Crippen molar-refractivity contribution in [3.63, 3.8) is 0 Å². The number of rotatable bonds is 10. The summed E-state index contributed by atoms with van der Waals surface area (Å²) < 4.78 is 29.4. The van der Waals surface area contributed by atoms with Gasteiger partial charge in [0.2, 0.25) is 11.8 Å². The zero-order valence-electron chi connectivity index (χ0n) is 24.7. The Morgan fingerprint density at radius 3 is 2.17 bits per heavy atom. The van der Waals surface area contributed by atoms with Crippen LogP contribution in [0.25, 0.3) is 0 Å². The molecular formula is C33H41N3O4S. The summed E-state index contributed by atoms with van der Waals surface area (Å²) in [7, 11) is -4.10. The standard InChI is InChI=1S/C33H41N3O4S/c1-23-15-18-30(19-16-23)41(39,40)36(31-20-24(2)14-17-26(31)4)22-32(37)35(21-28-11-7-6-10-25(28)3)27(5)33(38)34-29-12-8-9-13-29/h6-7,10-11,14-20,27,29H,8-9,12-13,21-22H2,1-5H3,(H,34,38). The summed E-state index contributed by atoms with van der Waals surface area (Å²) >= 11 is 0. The van der Waals surface area contributed by atoms with Crippen molar-refractivity contribution >= 4 is 27.5 Å². The Hall–Kier alpha value is -3.65. The second-order valence-electron chi connectivity index (χ2n) is 11.2. The SMILES string of the molecule is Cc1ccc(S(=O)(=O)N(CC(=O)N(Cc2ccccc2C)C(C)C(=O)NC2CCCC2)c2cc(C)ccc2C)cc1. The smallest absolute Gasteiger partial charge is 0.264 e. The number of carbonyl (C=O) groups excluding carboxylic acids is 2. The molecule has 1 aliphatic rings. The number of sulfonamides is 1. The van der Waals surface area contributed by atoms with Crippen molar-refractivity contribution in [3.8, 4) is 0 Å².